The molecule has 3 nitrogen and oxygen atoms in total. The van der Waals surface area contributed by atoms with Gasteiger partial charge in [-0.2, -0.15) is 0 Å². The van der Waals surface area contributed by atoms with Crippen molar-refractivity contribution < 1.29 is 9.15 Å². The molecule has 0 unspecified atom stereocenters. The van der Waals surface area contributed by atoms with Crippen LogP contribution in [0.15, 0.2) is 16.5 Å². The van der Waals surface area contributed by atoms with Crippen molar-refractivity contribution in [3.8, 4) is 0 Å². The molecule has 0 bridgehead atoms. The van der Waals surface area contributed by atoms with E-state index in [1.54, 1.807) is 0 Å². The molecule has 21 heavy (non-hydrogen) atoms. The summed E-state index contributed by atoms with van der Waals surface area (Å²) in [6.45, 7) is 5.53. The fourth-order valence-electron chi connectivity index (χ4n) is 4.44. The summed E-state index contributed by atoms with van der Waals surface area (Å²) in [6.07, 6.45) is 9.20. The maximum atomic E-state index is 5.96. The van der Waals surface area contributed by atoms with E-state index in [1.807, 2.05) is 7.11 Å². The Labute approximate surface area is 128 Å². The van der Waals surface area contributed by atoms with Gasteiger partial charge in [-0.1, -0.05) is 13.3 Å². The molecule has 1 aromatic heterocycles. The standard InChI is InChI=1S/C18H29NO2/c1-3-6-15-8-9-16(21-15)13-19-12-5-11-18(14-19)10-4-7-17(18)20-2/h8-9,17H,3-7,10-14H2,1-2H3/t17-,18-/m1/s1. The minimum Gasteiger partial charge on any atom is -0.465 e. The Morgan fingerprint density at radius 1 is 1.29 bits per heavy atom. The van der Waals surface area contributed by atoms with E-state index >= 15 is 0 Å². The number of hydrogen-bond acceptors (Lipinski definition) is 3. The smallest absolute Gasteiger partial charge is 0.118 e. The van der Waals surface area contributed by atoms with Gasteiger partial charge in [-0.25, -0.2) is 0 Å². The molecule has 2 fully saturated rings. The highest BCUT2D eigenvalue weighted by Gasteiger charge is 2.45. The minimum absolute atomic E-state index is 0.409. The summed E-state index contributed by atoms with van der Waals surface area (Å²) in [7, 11) is 1.89. The highest BCUT2D eigenvalue weighted by Crippen LogP contribution is 2.46. The van der Waals surface area contributed by atoms with Gasteiger partial charge in [-0.3, -0.25) is 4.90 Å². The molecule has 2 aliphatic rings. The largest absolute Gasteiger partial charge is 0.465 e. The summed E-state index contributed by atoms with van der Waals surface area (Å²) in [5.74, 6) is 2.26. The van der Waals surface area contributed by atoms with Crippen molar-refractivity contribution in [1.82, 2.24) is 4.90 Å². The Kier molecular flexibility index (Phi) is 4.70. The second-order valence-corrected chi connectivity index (χ2v) is 6.91. The predicted molar refractivity (Wildman–Crippen MR) is 84.3 cm³/mol. The summed E-state index contributed by atoms with van der Waals surface area (Å²) in [4.78, 5) is 2.58. The lowest BCUT2D eigenvalue weighted by atomic mass is 9.76. The lowest BCUT2D eigenvalue weighted by Crippen LogP contribution is -2.47. The van der Waals surface area contributed by atoms with Crippen molar-refractivity contribution >= 4 is 0 Å². The monoisotopic (exact) mass is 291 g/mol. The average Bonchev–Trinajstić information content (AvgIpc) is 3.07. The molecule has 1 aliphatic heterocycles. The average molecular weight is 291 g/mol. The molecular formula is C18H29NO2. The lowest BCUT2D eigenvalue weighted by Gasteiger charge is -2.43. The van der Waals surface area contributed by atoms with Gasteiger partial charge in [-0.05, 0) is 50.8 Å². The Bertz CT molecular complexity index is 456. The van der Waals surface area contributed by atoms with Crippen molar-refractivity contribution in [3.05, 3.63) is 23.7 Å². The van der Waals surface area contributed by atoms with Crippen LogP contribution in [0.4, 0.5) is 0 Å². The van der Waals surface area contributed by atoms with Crippen LogP contribution < -0.4 is 0 Å². The topological polar surface area (TPSA) is 25.6 Å². The fourth-order valence-corrected chi connectivity index (χ4v) is 4.44. The molecule has 0 radical (unpaired) electrons. The first-order valence-electron chi connectivity index (χ1n) is 8.58. The summed E-state index contributed by atoms with van der Waals surface area (Å²) in [6, 6.07) is 4.31. The van der Waals surface area contributed by atoms with Gasteiger partial charge in [0.25, 0.3) is 0 Å². The van der Waals surface area contributed by atoms with Gasteiger partial charge in [0.05, 0.1) is 12.6 Å². The van der Waals surface area contributed by atoms with Gasteiger partial charge >= 0.3 is 0 Å². The summed E-state index contributed by atoms with van der Waals surface area (Å²) in [5, 5.41) is 0. The van der Waals surface area contributed by atoms with E-state index < -0.39 is 0 Å². The quantitative estimate of drug-likeness (QED) is 0.819. The number of likely N-dealkylation sites (tertiary alicyclic amines) is 1. The van der Waals surface area contributed by atoms with Crippen LogP contribution >= 0.6 is 0 Å². The van der Waals surface area contributed by atoms with E-state index in [9.17, 15) is 0 Å². The van der Waals surface area contributed by atoms with Crippen LogP contribution in [0.1, 0.15) is 57.0 Å². The third-order valence-electron chi connectivity index (χ3n) is 5.39. The number of methoxy groups -OCH3 is 1. The van der Waals surface area contributed by atoms with Gasteiger partial charge in [0.15, 0.2) is 0 Å². The van der Waals surface area contributed by atoms with E-state index in [2.05, 4.69) is 24.0 Å². The number of furan rings is 1. The van der Waals surface area contributed by atoms with Crippen LogP contribution in [0.2, 0.25) is 0 Å². The summed E-state index contributed by atoms with van der Waals surface area (Å²) < 4.78 is 11.7. The molecule has 1 spiro atoms. The van der Waals surface area contributed by atoms with Crippen LogP contribution in [-0.4, -0.2) is 31.2 Å². The van der Waals surface area contributed by atoms with Crippen molar-refractivity contribution in [2.45, 2.75) is 64.5 Å². The first kappa shape index (κ1) is 15.1. The van der Waals surface area contributed by atoms with Crippen LogP contribution in [0.3, 0.4) is 0 Å². The molecule has 3 heteroatoms. The Hall–Kier alpha value is -0.800. The molecule has 1 saturated heterocycles. The van der Waals surface area contributed by atoms with E-state index in [4.69, 9.17) is 9.15 Å². The molecule has 2 atom stereocenters. The third kappa shape index (κ3) is 3.19. The van der Waals surface area contributed by atoms with Crippen LogP contribution in [-0.2, 0) is 17.7 Å². The van der Waals surface area contributed by atoms with Crippen LogP contribution in [0.25, 0.3) is 0 Å². The summed E-state index contributed by atoms with van der Waals surface area (Å²) >= 11 is 0. The Morgan fingerprint density at radius 3 is 2.90 bits per heavy atom. The highest BCUT2D eigenvalue weighted by molar-refractivity contribution is 5.08. The fraction of sp³-hybridized carbons (Fsp3) is 0.778. The SMILES string of the molecule is CCCc1ccc(CN2CCC[C@]3(CCC[C@H]3OC)C2)o1. The van der Waals surface area contributed by atoms with Crippen LogP contribution in [0, 0.1) is 5.41 Å². The molecule has 0 amide bonds. The molecule has 3 rings (SSSR count). The van der Waals surface area contributed by atoms with Crippen molar-refractivity contribution in [3.63, 3.8) is 0 Å². The number of aryl methyl sites for hydroxylation is 1. The number of hydrogen-bond donors (Lipinski definition) is 0. The van der Waals surface area contributed by atoms with E-state index in [0.29, 0.717) is 11.5 Å². The predicted octanol–water partition coefficient (Wildman–Crippen LogP) is 4.01. The van der Waals surface area contributed by atoms with E-state index in [-0.39, 0.29) is 0 Å². The Morgan fingerprint density at radius 2 is 2.10 bits per heavy atom. The van der Waals surface area contributed by atoms with Crippen LogP contribution in [0.5, 0.6) is 0 Å². The molecule has 2 heterocycles. The molecule has 0 N–H and O–H groups in total. The third-order valence-corrected chi connectivity index (χ3v) is 5.39. The van der Waals surface area contributed by atoms with Crippen molar-refractivity contribution in [2.24, 2.45) is 5.41 Å². The number of piperidine rings is 1. The van der Waals surface area contributed by atoms with Crippen molar-refractivity contribution in [2.75, 3.05) is 20.2 Å². The van der Waals surface area contributed by atoms with Crippen molar-refractivity contribution in [1.29, 1.82) is 0 Å². The van der Waals surface area contributed by atoms with Gasteiger partial charge < -0.3 is 9.15 Å². The Balaban J connectivity index is 1.63. The van der Waals surface area contributed by atoms with Gasteiger partial charge in [0, 0.05) is 25.5 Å². The minimum atomic E-state index is 0.409. The van der Waals surface area contributed by atoms with Gasteiger partial charge in [0.1, 0.15) is 11.5 Å². The normalized spacial score (nSPS) is 30.3. The zero-order valence-corrected chi connectivity index (χ0v) is 13.6. The first-order chi connectivity index (χ1) is 10.3. The number of rotatable bonds is 5. The zero-order chi connectivity index (χ0) is 14.7. The number of ether oxygens (including phenoxy) is 1. The molecule has 1 aromatic rings. The maximum Gasteiger partial charge on any atom is 0.118 e. The highest BCUT2D eigenvalue weighted by atomic mass is 16.5. The van der Waals surface area contributed by atoms with E-state index in [0.717, 1.165) is 30.9 Å². The maximum absolute atomic E-state index is 5.96. The molecular weight excluding hydrogens is 262 g/mol. The lowest BCUT2D eigenvalue weighted by molar-refractivity contribution is -0.0378. The molecule has 0 aromatic carbocycles. The molecule has 118 valence electrons. The molecule has 1 aliphatic carbocycles. The first-order valence-corrected chi connectivity index (χ1v) is 8.58. The zero-order valence-electron chi connectivity index (χ0n) is 13.6. The summed E-state index contributed by atoms with van der Waals surface area (Å²) in [5.41, 5.74) is 0.409. The van der Waals surface area contributed by atoms with E-state index in [1.165, 1.54) is 45.2 Å². The second kappa shape index (κ2) is 6.53. The molecule has 1 saturated carbocycles. The number of nitrogens with zero attached hydrogens (tertiary/aromatic N) is 1. The van der Waals surface area contributed by atoms with Gasteiger partial charge in [0.2, 0.25) is 0 Å². The van der Waals surface area contributed by atoms with Gasteiger partial charge in [-0.15, -0.1) is 0 Å². The second-order valence-electron chi connectivity index (χ2n) is 6.91.